The number of aromatic nitrogens is 4. The van der Waals surface area contributed by atoms with Crippen LogP contribution in [0.4, 0.5) is 11.8 Å². The number of imidazole rings is 1. The number of halogens is 1. The van der Waals surface area contributed by atoms with Crippen LogP contribution in [0.25, 0.3) is 11.2 Å². The highest BCUT2D eigenvalue weighted by Gasteiger charge is 2.21. The van der Waals surface area contributed by atoms with Crippen LogP contribution in [0.15, 0.2) is 4.73 Å². The quantitative estimate of drug-likeness (QED) is 0.737. The second kappa shape index (κ2) is 7.45. The van der Waals surface area contributed by atoms with E-state index in [0.29, 0.717) is 23.2 Å². The highest BCUT2D eigenvalue weighted by Crippen LogP contribution is 2.28. The third kappa shape index (κ3) is 3.74. The van der Waals surface area contributed by atoms with Gasteiger partial charge >= 0.3 is 0 Å². The molecule has 0 unspecified atom stereocenters. The summed E-state index contributed by atoms with van der Waals surface area (Å²) < 4.78 is 8.35. The number of nitrogens with zero attached hydrogens (tertiary/aromatic N) is 4. The number of nitrogens with two attached hydrogens (primary N) is 1. The van der Waals surface area contributed by atoms with Crippen LogP contribution in [-0.2, 0) is 11.3 Å². The van der Waals surface area contributed by atoms with Crippen LogP contribution >= 0.6 is 15.9 Å². The Bertz CT molecular complexity index is 736. The molecule has 0 radical (unpaired) electrons. The number of rotatable bonds is 5. The number of ether oxygens (including phenoxy) is 1. The van der Waals surface area contributed by atoms with Crippen LogP contribution in [-0.4, -0.2) is 39.3 Å². The second-order valence-electron chi connectivity index (χ2n) is 7.18. The van der Waals surface area contributed by atoms with E-state index >= 15 is 0 Å². The highest BCUT2D eigenvalue weighted by atomic mass is 79.9. The molecule has 0 spiro atoms. The van der Waals surface area contributed by atoms with Crippen molar-refractivity contribution in [2.75, 3.05) is 30.8 Å². The topological polar surface area (TPSA) is 90.9 Å². The largest absolute Gasteiger partial charge is 0.382 e. The number of nitrogen functional groups attached to an aromatic ring is 1. The minimum absolute atomic E-state index is 0.436. The van der Waals surface area contributed by atoms with E-state index in [1.165, 1.54) is 25.7 Å². The van der Waals surface area contributed by atoms with Gasteiger partial charge in [-0.3, -0.25) is 0 Å². The van der Waals surface area contributed by atoms with Gasteiger partial charge < -0.3 is 20.4 Å². The Hall–Kier alpha value is -1.41. The summed E-state index contributed by atoms with van der Waals surface area (Å²) in [5, 5.41) is 3.38. The van der Waals surface area contributed by atoms with Gasteiger partial charge in [0.1, 0.15) is 0 Å². The predicted molar refractivity (Wildman–Crippen MR) is 101 cm³/mol. The first-order valence-electron chi connectivity index (χ1n) is 9.21. The number of hydrogen-bond donors (Lipinski definition) is 2. The lowest BCUT2D eigenvalue weighted by molar-refractivity contribution is 0.0613. The van der Waals surface area contributed by atoms with Gasteiger partial charge in [0, 0.05) is 26.3 Å². The summed E-state index contributed by atoms with van der Waals surface area (Å²) in [7, 11) is 0. The molecule has 1 saturated carbocycles. The van der Waals surface area contributed by atoms with Crippen molar-refractivity contribution in [1.82, 2.24) is 19.5 Å². The fourth-order valence-electron chi connectivity index (χ4n) is 3.87. The van der Waals surface area contributed by atoms with E-state index in [1.54, 1.807) is 0 Å². The van der Waals surface area contributed by atoms with Crippen molar-refractivity contribution in [3.05, 3.63) is 4.73 Å². The summed E-state index contributed by atoms with van der Waals surface area (Å²) in [6.45, 7) is 3.46. The fourth-order valence-corrected chi connectivity index (χ4v) is 4.36. The van der Waals surface area contributed by atoms with E-state index in [-0.39, 0.29) is 0 Å². The standard InChI is InChI=1S/C17H25BrN6O/c18-16-21-13-14(19)22-17(20-9-11-3-1-2-4-11)23-15(13)24(16)10-12-5-7-25-8-6-12/h11-12H,1-10H2,(H3,19,20,22,23). The molecule has 3 heterocycles. The molecular formula is C17H25BrN6O. The molecule has 1 saturated heterocycles. The molecule has 0 atom stereocenters. The van der Waals surface area contributed by atoms with Crippen LogP contribution in [0.5, 0.6) is 0 Å². The fraction of sp³-hybridized carbons (Fsp3) is 0.706. The molecule has 3 N–H and O–H groups in total. The maximum Gasteiger partial charge on any atom is 0.226 e. The molecule has 7 nitrogen and oxygen atoms in total. The van der Waals surface area contributed by atoms with Crippen LogP contribution in [0.1, 0.15) is 38.5 Å². The van der Waals surface area contributed by atoms with Gasteiger partial charge in [0.25, 0.3) is 0 Å². The molecule has 25 heavy (non-hydrogen) atoms. The smallest absolute Gasteiger partial charge is 0.226 e. The maximum atomic E-state index is 6.15. The van der Waals surface area contributed by atoms with Crippen LogP contribution in [0.2, 0.25) is 0 Å². The average Bonchev–Trinajstić information content (AvgIpc) is 3.24. The molecule has 2 aromatic rings. The van der Waals surface area contributed by atoms with Gasteiger partial charge in [-0.2, -0.15) is 9.97 Å². The van der Waals surface area contributed by atoms with Crippen molar-refractivity contribution in [2.24, 2.45) is 11.8 Å². The average molecular weight is 409 g/mol. The number of hydrogen-bond acceptors (Lipinski definition) is 6. The third-order valence-electron chi connectivity index (χ3n) is 5.38. The van der Waals surface area contributed by atoms with Crippen molar-refractivity contribution >= 4 is 38.9 Å². The molecule has 2 fully saturated rings. The van der Waals surface area contributed by atoms with E-state index in [2.05, 4.69) is 35.8 Å². The van der Waals surface area contributed by atoms with Gasteiger partial charge in [-0.05, 0) is 53.4 Å². The minimum atomic E-state index is 0.436. The lowest BCUT2D eigenvalue weighted by atomic mass is 10.0. The molecular weight excluding hydrogens is 384 g/mol. The molecule has 8 heteroatoms. The lowest BCUT2D eigenvalue weighted by Crippen LogP contribution is -2.21. The first-order chi connectivity index (χ1) is 12.2. The summed E-state index contributed by atoms with van der Waals surface area (Å²) in [6.07, 6.45) is 7.38. The van der Waals surface area contributed by atoms with Crippen molar-refractivity contribution in [1.29, 1.82) is 0 Å². The molecule has 1 aliphatic heterocycles. The van der Waals surface area contributed by atoms with Gasteiger partial charge in [-0.15, -0.1) is 0 Å². The summed E-state index contributed by atoms with van der Waals surface area (Å²) in [4.78, 5) is 13.7. The zero-order chi connectivity index (χ0) is 17.2. The first kappa shape index (κ1) is 17.0. The van der Waals surface area contributed by atoms with Gasteiger partial charge in [0.15, 0.2) is 21.7 Å². The molecule has 0 amide bonds. The molecule has 2 aromatic heterocycles. The van der Waals surface area contributed by atoms with Crippen molar-refractivity contribution < 1.29 is 4.74 Å². The zero-order valence-electron chi connectivity index (χ0n) is 14.4. The lowest BCUT2D eigenvalue weighted by Gasteiger charge is -2.22. The van der Waals surface area contributed by atoms with E-state index in [1.807, 2.05) is 0 Å². The van der Waals surface area contributed by atoms with Crippen molar-refractivity contribution in [3.8, 4) is 0 Å². The third-order valence-corrected chi connectivity index (χ3v) is 5.99. The van der Waals surface area contributed by atoms with E-state index in [4.69, 9.17) is 15.5 Å². The monoisotopic (exact) mass is 408 g/mol. The second-order valence-corrected chi connectivity index (χ2v) is 7.89. The Labute approximate surface area is 155 Å². The minimum Gasteiger partial charge on any atom is -0.382 e. The van der Waals surface area contributed by atoms with Crippen molar-refractivity contribution in [2.45, 2.75) is 45.1 Å². The van der Waals surface area contributed by atoms with Crippen LogP contribution in [0.3, 0.4) is 0 Å². The van der Waals surface area contributed by atoms with Crippen molar-refractivity contribution in [3.63, 3.8) is 0 Å². The Morgan fingerprint density at radius 3 is 2.60 bits per heavy atom. The predicted octanol–water partition coefficient (Wildman–Crippen LogP) is 3.20. The summed E-state index contributed by atoms with van der Waals surface area (Å²) in [6, 6.07) is 0. The van der Waals surface area contributed by atoms with E-state index in [0.717, 1.165) is 55.4 Å². The van der Waals surface area contributed by atoms with E-state index in [9.17, 15) is 0 Å². The van der Waals surface area contributed by atoms with Gasteiger partial charge in [-0.1, -0.05) is 12.8 Å². The molecule has 0 aromatic carbocycles. The summed E-state index contributed by atoms with van der Waals surface area (Å²) >= 11 is 3.56. The van der Waals surface area contributed by atoms with Crippen LogP contribution < -0.4 is 11.1 Å². The summed E-state index contributed by atoms with van der Waals surface area (Å²) in [5.41, 5.74) is 7.63. The van der Waals surface area contributed by atoms with Gasteiger partial charge in [0.2, 0.25) is 5.95 Å². The van der Waals surface area contributed by atoms with Gasteiger partial charge in [0.05, 0.1) is 0 Å². The Morgan fingerprint density at radius 1 is 1.08 bits per heavy atom. The molecule has 2 aliphatic rings. The maximum absolute atomic E-state index is 6.15. The van der Waals surface area contributed by atoms with Gasteiger partial charge in [-0.25, -0.2) is 4.98 Å². The molecule has 136 valence electrons. The number of anilines is 2. The molecule has 1 aliphatic carbocycles. The number of nitrogens with one attached hydrogen (secondary N) is 1. The first-order valence-corrected chi connectivity index (χ1v) is 10.0. The Balaban J connectivity index is 1.57. The number of fused-ring (bicyclic) bond motifs is 1. The Kier molecular flexibility index (Phi) is 5.08. The Morgan fingerprint density at radius 2 is 1.84 bits per heavy atom. The highest BCUT2D eigenvalue weighted by molar-refractivity contribution is 9.10. The van der Waals surface area contributed by atoms with Crippen LogP contribution in [0, 0.1) is 11.8 Å². The SMILES string of the molecule is Nc1nc(NCC2CCCC2)nc2c1nc(Br)n2CC1CCOCC1. The molecule has 4 rings (SSSR count). The summed E-state index contributed by atoms with van der Waals surface area (Å²) in [5.74, 6) is 2.34. The van der Waals surface area contributed by atoms with E-state index < -0.39 is 0 Å². The normalized spacial score (nSPS) is 19.7. The zero-order valence-corrected chi connectivity index (χ0v) is 16.0. The molecule has 0 bridgehead atoms.